The van der Waals surface area contributed by atoms with Crippen molar-refractivity contribution in [3.05, 3.63) is 29.3 Å². The molecule has 1 aromatic rings. The van der Waals surface area contributed by atoms with E-state index in [4.69, 9.17) is 4.74 Å². The number of hydrogen-bond acceptors (Lipinski definition) is 3. The minimum Gasteiger partial charge on any atom is -0.380 e. The van der Waals surface area contributed by atoms with Gasteiger partial charge in [0.1, 0.15) is 0 Å². The predicted molar refractivity (Wildman–Crippen MR) is 59.5 cm³/mol. The molecule has 0 bridgehead atoms. The number of ether oxygens (including phenoxy) is 1. The lowest BCUT2D eigenvalue weighted by molar-refractivity contribution is -0.114. The van der Waals surface area contributed by atoms with Gasteiger partial charge in [-0.15, -0.1) is 0 Å². The minimum absolute atomic E-state index is 0.0906. The normalized spacial score (nSPS) is 16.1. The van der Waals surface area contributed by atoms with E-state index in [2.05, 4.69) is 0 Å². The van der Waals surface area contributed by atoms with Crippen molar-refractivity contribution in [2.24, 2.45) is 0 Å². The Morgan fingerprint density at radius 1 is 1.28 bits per heavy atom. The summed E-state index contributed by atoms with van der Waals surface area (Å²) in [5.41, 5.74) is -0.0185. The van der Waals surface area contributed by atoms with Crippen molar-refractivity contribution in [3.63, 3.8) is 0 Å². The lowest BCUT2D eigenvalue weighted by Gasteiger charge is -2.20. The Morgan fingerprint density at radius 2 is 1.89 bits per heavy atom. The van der Waals surface area contributed by atoms with Crippen LogP contribution in [0.5, 0.6) is 0 Å². The smallest absolute Gasteiger partial charge is 0.299 e. The van der Waals surface area contributed by atoms with Crippen molar-refractivity contribution >= 4 is 17.4 Å². The minimum atomic E-state index is -1.14. The van der Waals surface area contributed by atoms with Crippen LogP contribution in [0.3, 0.4) is 0 Å². The molecule has 0 saturated heterocycles. The molecule has 2 rings (SSSR count). The second-order valence-corrected chi connectivity index (χ2v) is 4.07. The summed E-state index contributed by atoms with van der Waals surface area (Å²) in [6.45, 7) is 1.81. The molecule has 1 aromatic carbocycles. The van der Waals surface area contributed by atoms with E-state index in [1.807, 2.05) is 0 Å². The van der Waals surface area contributed by atoms with Crippen LogP contribution >= 0.6 is 0 Å². The van der Waals surface area contributed by atoms with Gasteiger partial charge in [0.15, 0.2) is 11.6 Å². The number of amides is 1. The van der Waals surface area contributed by atoms with Crippen molar-refractivity contribution < 1.29 is 23.1 Å². The molecule has 1 atom stereocenters. The number of rotatable bonds is 3. The van der Waals surface area contributed by atoms with Crippen molar-refractivity contribution in [1.29, 1.82) is 0 Å². The molecular formula is C12H11F2NO3. The molecule has 1 amide bonds. The van der Waals surface area contributed by atoms with Gasteiger partial charge < -0.3 is 9.64 Å². The Kier molecular flexibility index (Phi) is 3.13. The summed E-state index contributed by atoms with van der Waals surface area (Å²) in [6, 6.07) is 1.61. The van der Waals surface area contributed by atoms with Crippen LogP contribution in [-0.2, 0) is 9.53 Å². The van der Waals surface area contributed by atoms with Crippen LogP contribution in [0.15, 0.2) is 12.1 Å². The summed E-state index contributed by atoms with van der Waals surface area (Å²) in [6.07, 6.45) is -0.319. The van der Waals surface area contributed by atoms with Crippen LogP contribution in [0.25, 0.3) is 0 Å². The fourth-order valence-electron chi connectivity index (χ4n) is 1.80. The van der Waals surface area contributed by atoms with Gasteiger partial charge in [-0.05, 0) is 13.0 Å². The van der Waals surface area contributed by atoms with Gasteiger partial charge in [-0.25, -0.2) is 8.78 Å². The van der Waals surface area contributed by atoms with Crippen LogP contribution in [0.2, 0.25) is 0 Å². The van der Waals surface area contributed by atoms with Crippen LogP contribution in [-0.4, -0.2) is 31.4 Å². The maximum atomic E-state index is 13.2. The number of fused-ring (bicyclic) bond motifs is 1. The summed E-state index contributed by atoms with van der Waals surface area (Å²) in [5, 5.41) is 0. The molecule has 4 nitrogen and oxygen atoms in total. The number of anilines is 1. The molecule has 1 unspecified atom stereocenters. The van der Waals surface area contributed by atoms with Crippen LogP contribution in [0.4, 0.5) is 14.5 Å². The first kappa shape index (κ1) is 12.6. The molecule has 96 valence electrons. The van der Waals surface area contributed by atoms with Gasteiger partial charge in [-0.1, -0.05) is 0 Å². The Labute approximate surface area is 102 Å². The topological polar surface area (TPSA) is 46.6 Å². The second kappa shape index (κ2) is 4.45. The molecular weight excluding hydrogens is 244 g/mol. The van der Waals surface area contributed by atoms with Gasteiger partial charge in [-0.2, -0.15) is 0 Å². The Balaban J connectivity index is 2.45. The highest BCUT2D eigenvalue weighted by molar-refractivity contribution is 6.52. The molecule has 0 spiro atoms. The Hall–Kier alpha value is -1.82. The van der Waals surface area contributed by atoms with Crippen molar-refractivity contribution in [2.75, 3.05) is 18.6 Å². The highest BCUT2D eigenvalue weighted by Gasteiger charge is 2.37. The maximum Gasteiger partial charge on any atom is 0.299 e. The monoisotopic (exact) mass is 255 g/mol. The summed E-state index contributed by atoms with van der Waals surface area (Å²) in [4.78, 5) is 24.4. The van der Waals surface area contributed by atoms with E-state index in [0.717, 1.165) is 17.0 Å². The van der Waals surface area contributed by atoms with Crippen molar-refractivity contribution in [2.45, 2.75) is 13.0 Å². The maximum absolute atomic E-state index is 13.2. The summed E-state index contributed by atoms with van der Waals surface area (Å²) in [7, 11) is 1.46. The first-order valence-electron chi connectivity index (χ1n) is 5.33. The summed E-state index contributed by atoms with van der Waals surface area (Å²) >= 11 is 0. The van der Waals surface area contributed by atoms with Gasteiger partial charge in [0, 0.05) is 13.2 Å². The molecule has 0 fully saturated rings. The van der Waals surface area contributed by atoms with Gasteiger partial charge in [0.25, 0.3) is 11.7 Å². The van der Waals surface area contributed by atoms with E-state index in [9.17, 15) is 18.4 Å². The standard InChI is InChI=1S/C12H11F2NO3/c1-6(18-2)5-15-10-4-9(14)8(13)3-7(10)11(16)12(15)17/h3-4,6H,5H2,1-2H3. The lowest BCUT2D eigenvalue weighted by atomic mass is 10.1. The molecule has 0 aliphatic carbocycles. The van der Waals surface area contributed by atoms with E-state index < -0.39 is 23.3 Å². The lowest BCUT2D eigenvalue weighted by Crippen LogP contribution is -2.36. The van der Waals surface area contributed by atoms with Crippen LogP contribution in [0, 0.1) is 11.6 Å². The van der Waals surface area contributed by atoms with Gasteiger partial charge >= 0.3 is 0 Å². The molecule has 6 heteroatoms. The Morgan fingerprint density at radius 3 is 2.50 bits per heavy atom. The quantitative estimate of drug-likeness (QED) is 0.769. The van der Waals surface area contributed by atoms with E-state index in [0.29, 0.717) is 0 Å². The molecule has 0 aromatic heterocycles. The van der Waals surface area contributed by atoms with Crippen molar-refractivity contribution in [1.82, 2.24) is 0 Å². The number of ketones is 1. The van der Waals surface area contributed by atoms with E-state index in [-0.39, 0.29) is 23.9 Å². The number of hydrogen-bond donors (Lipinski definition) is 0. The third kappa shape index (κ3) is 1.88. The number of carbonyl (C=O) groups is 2. The third-order valence-corrected chi connectivity index (χ3v) is 2.86. The summed E-state index contributed by atoms with van der Waals surface area (Å²) in [5.74, 6) is -3.85. The zero-order chi connectivity index (χ0) is 13.4. The zero-order valence-corrected chi connectivity index (χ0v) is 9.87. The van der Waals surface area contributed by atoms with Gasteiger partial charge in [-0.3, -0.25) is 9.59 Å². The van der Waals surface area contributed by atoms with Gasteiger partial charge in [0.05, 0.1) is 23.9 Å². The highest BCUT2D eigenvalue weighted by Crippen LogP contribution is 2.31. The number of halogens is 2. The van der Waals surface area contributed by atoms with Crippen LogP contribution < -0.4 is 4.90 Å². The first-order valence-corrected chi connectivity index (χ1v) is 5.33. The SMILES string of the molecule is COC(C)CN1C(=O)C(=O)c2cc(F)c(F)cc21. The number of benzene rings is 1. The molecule has 18 heavy (non-hydrogen) atoms. The third-order valence-electron chi connectivity index (χ3n) is 2.86. The average Bonchev–Trinajstić information content (AvgIpc) is 2.56. The van der Waals surface area contributed by atoms with E-state index >= 15 is 0 Å². The number of nitrogens with zero attached hydrogens (tertiary/aromatic N) is 1. The van der Waals surface area contributed by atoms with Gasteiger partial charge in [0.2, 0.25) is 0 Å². The van der Waals surface area contributed by atoms with Crippen LogP contribution in [0.1, 0.15) is 17.3 Å². The zero-order valence-electron chi connectivity index (χ0n) is 9.87. The second-order valence-electron chi connectivity index (χ2n) is 4.07. The largest absolute Gasteiger partial charge is 0.380 e. The number of Topliss-reactive ketones (excluding diaryl/α,β-unsaturated/α-hetero) is 1. The molecule has 0 radical (unpaired) electrons. The fourth-order valence-corrected chi connectivity index (χ4v) is 1.80. The fraction of sp³-hybridized carbons (Fsp3) is 0.333. The number of methoxy groups -OCH3 is 1. The number of carbonyl (C=O) groups excluding carboxylic acids is 2. The molecule has 0 saturated carbocycles. The van der Waals surface area contributed by atoms with Crippen molar-refractivity contribution in [3.8, 4) is 0 Å². The highest BCUT2D eigenvalue weighted by atomic mass is 19.2. The molecule has 1 aliphatic rings. The summed E-state index contributed by atoms with van der Waals surface area (Å²) < 4.78 is 31.2. The first-order chi connectivity index (χ1) is 8.45. The molecule has 0 N–H and O–H groups in total. The predicted octanol–water partition coefficient (Wildman–Crippen LogP) is 1.53. The van der Waals surface area contributed by atoms with E-state index in [1.54, 1.807) is 6.92 Å². The molecule has 1 heterocycles. The van der Waals surface area contributed by atoms with E-state index in [1.165, 1.54) is 7.11 Å². The molecule has 1 aliphatic heterocycles. The average molecular weight is 255 g/mol. The Bertz CT molecular complexity index is 530.